The quantitative estimate of drug-likeness (QED) is 0.413. The lowest BCUT2D eigenvalue weighted by molar-refractivity contribution is 0.0850. The molecule has 2 unspecified atom stereocenters. The van der Waals surface area contributed by atoms with E-state index in [1.54, 1.807) is 6.08 Å². The third-order valence-electron chi connectivity index (χ3n) is 3.73. The van der Waals surface area contributed by atoms with Crippen LogP contribution >= 0.6 is 12.6 Å². The second kappa shape index (κ2) is 7.14. The van der Waals surface area contributed by atoms with Gasteiger partial charge in [0, 0.05) is 18.8 Å². The molecule has 0 aromatic heterocycles. The second-order valence-electron chi connectivity index (χ2n) is 6.77. The zero-order valence-corrected chi connectivity index (χ0v) is 13.4. The summed E-state index contributed by atoms with van der Waals surface area (Å²) < 4.78 is 0. The summed E-state index contributed by atoms with van der Waals surface area (Å²) in [5, 5.41) is 5.64. The van der Waals surface area contributed by atoms with Gasteiger partial charge in [0.25, 0.3) is 0 Å². The molecule has 0 bridgehead atoms. The Hall–Kier alpha value is -1.00. The van der Waals surface area contributed by atoms with Gasteiger partial charge < -0.3 is 10.6 Å². The van der Waals surface area contributed by atoms with Crippen molar-refractivity contribution in [3.05, 3.63) is 0 Å². The fraction of sp³-hybridized carbons (Fsp3) is 0.857. The van der Waals surface area contributed by atoms with Crippen LogP contribution in [0.3, 0.4) is 0 Å². The summed E-state index contributed by atoms with van der Waals surface area (Å²) in [5.41, 5.74) is 0.0618. The molecule has 1 fully saturated rings. The van der Waals surface area contributed by atoms with E-state index in [2.05, 4.69) is 49.0 Å². The Morgan fingerprint density at radius 3 is 2.65 bits per heavy atom. The average molecular weight is 299 g/mol. The largest absolute Gasteiger partial charge is 0.338 e. The predicted molar refractivity (Wildman–Crippen MR) is 82.9 cm³/mol. The van der Waals surface area contributed by atoms with Crippen LogP contribution in [0.4, 0.5) is 4.79 Å². The van der Waals surface area contributed by atoms with Crippen molar-refractivity contribution in [2.75, 3.05) is 18.8 Å². The summed E-state index contributed by atoms with van der Waals surface area (Å²) >= 11 is 4.05. The van der Waals surface area contributed by atoms with Crippen LogP contribution in [0.15, 0.2) is 4.99 Å². The monoisotopic (exact) mass is 299 g/mol. The molecule has 0 radical (unpaired) electrons. The molecule has 2 amide bonds. The van der Waals surface area contributed by atoms with Crippen LogP contribution in [0.1, 0.15) is 40.0 Å². The van der Waals surface area contributed by atoms with Gasteiger partial charge >= 0.3 is 6.03 Å². The molecule has 1 saturated carbocycles. The maximum absolute atomic E-state index is 11.6. The van der Waals surface area contributed by atoms with Crippen molar-refractivity contribution in [2.24, 2.45) is 15.8 Å². The maximum Gasteiger partial charge on any atom is 0.314 e. The molecule has 0 aromatic carbocycles. The summed E-state index contributed by atoms with van der Waals surface area (Å²) in [6.07, 6.45) is 4.37. The molecule has 1 aliphatic carbocycles. The highest BCUT2D eigenvalue weighted by Gasteiger charge is 2.41. The minimum Gasteiger partial charge on any atom is -0.338 e. The van der Waals surface area contributed by atoms with E-state index in [9.17, 15) is 9.59 Å². The van der Waals surface area contributed by atoms with Crippen LogP contribution in [-0.2, 0) is 4.79 Å². The highest BCUT2D eigenvalue weighted by Crippen LogP contribution is 2.46. The Balaban J connectivity index is 2.61. The number of thiol groups is 1. The SMILES string of the molecule is CC1(C)CC(N=C=O)CC(C)(CNC(=O)NCCS)C1. The molecular weight excluding hydrogens is 274 g/mol. The normalized spacial score (nSPS) is 28.3. The Bertz CT molecular complexity index is 394. The van der Waals surface area contributed by atoms with E-state index < -0.39 is 0 Å². The van der Waals surface area contributed by atoms with Gasteiger partial charge in [0.05, 0.1) is 6.04 Å². The van der Waals surface area contributed by atoms with Gasteiger partial charge in [0.15, 0.2) is 0 Å². The zero-order chi connectivity index (χ0) is 15.2. The Labute approximate surface area is 126 Å². The van der Waals surface area contributed by atoms with E-state index >= 15 is 0 Å². The van der Waals surface area contributed by atoms with Crippen LogP contribution in [0.5, 0.6) is 0 Å². The van der Waals surface area contributed by atoms with Gasteiger partial charge in [-0.25, -0.2) is 14.6 Å². The molecule has 2 N–H and O–H groups in total. The van der Waals surface area contributed by atoms with Gasteiger partial charge in [-0.1, -0.05) is 20.8 Å². The fourth-order valence-electron chi connectivity index (χ4n) is 3.40. The third-order valence-corrected chi connectivity index (χ3v) is 3.95. The first-order chi connectivity index (χ1) is 9.30. The van der Waals surface area contributed by atoms with Crippen molar-refractivity contribution in [1.29, 1.82) is 0 Å². The van der Waals surface area contributed by atoms with Gasteiger partial charge in [-0.15, -0.1) is 0 Å². The minimum absolute atomic E-state index is 0.00329. The molecule has 0 saturated heterocycles. The number of carbonyl (C=O) groups is 1. The van der Waals surface area contributed by atoms with Crippen molar-refractivity contribution in [3.8, 4) is 0 Å². The molecule has 114 valence electrons. The molecule has 6 heteroatoms. The van der Waals surface area contributed by atoms with E-state index in [0.717, 1.165) is 19.3 Å². The molecule has 20 heavy (non-hydrogen) atoms. The summed E-state index contributed by atoms with van der Waals surface area (Å²) in [4.78, 5) is 26.0. The van der Waals surface area contributed by atoms with Gasteiger partial charge in [-0.2, -0.15) is 12.6 Å². The number of carbonyl (C=O) groups excluding carboxylic acids is 2. The van der Waals surface area contributed by atoms with Crippen LogP contribution in [-0.4, -0.2) is 37.0 Å². The van der Waals surface area contributed by atoms with Crippen molar-refractivity contribution in [2.45, 2.75) is 46.1 Å². The summed E-state index contributed by atoms with van der Waals surface area (Å²) in [7, 11) is 0. The first-order valence-electron chi connectivity index (χ1n) is 7.00. The van der Waals surface area contributed by atoms with Gasteiger partial charge in [0.1, 0.15) is 0 Å². The molecule has 0 heterocycles. The lowest BCUT2D eigenvalue weighted by Gasteiger charge is -2.45. The lowest BCUT2D eigenvalue weighted by atomic mass is 9.63. The van der Waals surface area contributed by atoms with E-state index in [1.807, 2.05) is 0 Å². The van der Waals surface area contributed by atoms with E-state index in [0.29, 0.717) is 18.8 Å². The topological polar surface area (TPSA) is 70.6 Å². The van der Waals surface area contributed by atoms with Gasteiger partial charge in [-0.3, -0.25) is 0 Å². The number of rotatable bonds is 5. The van der Waals surface area contributed by atoms with Crippen LogP contribution in [0.2, 0.25) is 0 Å². The van der Waals surface area contributed by atoms with Crippen molar-refractivity contribution < 1.29 is 9.59 Å². The Morgan fingerprint density at radius 2 is 2.05 bits per heavy atom. The summed E-state index contributed by atoms with van der Waals surface area (Å²) in [6, 6.07) is -0.164. The number of aliphatic imine (C=N–C) groups is 1. The van der Waals surface area contributed by atoms with Crippen molar-refractivity contribution in [1.82, 2.24) is 10.6 Å². The average Bonchev–Trinajstić information content (AvgIpc) is 2.32. The van der Waals surface area contributed by atoms with Gasteiger partial charge in [0.2, 0.25) is 6.08 Å². The fourth-order valence-corrected chi connectivity index (χ4v) is 3.52. The lowest BCUT2D eigenvalue weighted by Crippen LogP contribution is -2.47. The van der Waals surface area contributed by atoms with Crippen LogP contribution in [0, 0.1) is 10.8 Å². The number of hydrogen-bond acceptors (Lipinski definition) is 4. The Morgan fingerprint density at radius 1 is 1.35 bits per heavy atom. The molecule has 0 spiro atoms. The van der Waals surface area contributed by atoms with Crippen molar-refractivity contribution >= 4 is 24.7 Å². The highest BCUT2D eigenvalue weighted by atomic mass is 32.1. The number of amides is 2. The number of nitrogens with zero attached hydrogens (tertiary/aromatic N) is 1. The molecule has 1 rings (SSSR count). The molecule has 2 atom stereocenters. The van der Waals surface area contributed by atoms with Crippen molar-refractivity contribution in [3.63, 3.8) is 0 Å². The second-order valence-corrected chi connectivity index (χ2v) is 7.21. The summed E-state index contributed by atoms with van der Waals surface area (Å²) in [6.45, 7) is 7.63. The van der Waals surface area contributed by atoms with E-state index in [1.165, 1.54) is 0 Å². The molecule has 5 nitrogen and oxygen atoms in total. The predicted octanol–water partition coefficient (Wildman–Crippen LogP) is 2.14. The Kier molecular flexibility index (Phi) is 6.08. The first kappa shape index (κ1) is 17.1. The van der Waals surface area contributed by atoms with Gasteiger partial charge in [-0.05, 0) is 30.1 Å². The smallest absolute Gasteiger partial charge is 0.314 e. The third kappa shape index (κ3) is 5.55. The molecule has 0 aliphatic heterocycles. The standard InChI is InChI=1S/C14H25N3O2S/c1-13(2)6-11(17-10-18)7-14(3,8-13)9-16-12(19)15-4-5-20/h11,20H,4-9H2,1-3H3,(H2,15,16,19). The van der Waals surface area contributed by atoms with E-state index in [4.69, 9.17) is 0 Å². The molecule has 1 aliphatic rings. The maximum atomic E-state index is 11.6. The molecular formula is C14H25N3O2S. The number of hydrogen-bond donors (Lipinski definition) is 3. The number of isocyanates is 1. The molecule has 0 aromatic rings. The van der Waals surface area contributed by atoms with Crippen LogP contribution < -0.4 is 10.6 Å². The zero-order valence-electron chi connectivity index (χ0n) is 12.5. The number of nitrogens with one attached hydrogen (secondary N) is 2. The van der Waals surface area contributed by atoms with E-state index in [-0.39, 0.29) is 22.9 Å². The summed E-state index contributed by atoms with van der Waals surface area (Å²) in [5.74, 6) is 0.619. The van der Waals surface area contributed by atoms with Crippen LogP contribution in [0.25, 0.3) is 0 Å². The first-order valence-corrected chi connectivity index (χ1v) is 7.63. The minimum atomic E-state index is -0.168. The highest BCUT2D eigenvalue weighted by molar-refractivity contribution is 7.80. The number of urea groups is 1.